The molecule has 1 unspecified atom stereocenters. The Hall–Kier alpha value is -4.57. The third-order valence-corrected chi connectivity index (χ3v) is 9.06. The molecule has 1 fully saturated rings. The zero-order valence-electron chi connectivity index (χ0n) is 25.8. The zero-order chi connectivity index (χ0) is 31.2. The SMILES string of the molecule is CCOC(=O)CC12C(=C(c3ccc(F)c(F)c3)c3ccccc31)C(=C(C)C)C(C)(C)C2=C(c1ccccc1)c1ccccc1. The van der Waals surface area contributed by atoms with Gasteiger partial charge in [-0.25, -0.2) is 8.78 Å². The van der Waals surface area contributed by atoms with E-state index in [1.165, 1.54) is 12.1 Å². The zero-order valence-corrected chi connectivity index (χ0v) is 25.8. The number of benzene rings is 4. The van der Waals surface area contributed by atoms with Gasteiger partial charge in [-0.2, -0.15) is 0 Å². The summed E-state index contributed by atoms with van der Waals surface area (Å²) < 4.78 is 34.9. The Morgan fingerprint density at radius 2 is 1.36 bits per heavy atom. The summed E-state index contributed by atoms with van der Waals surface area (Å²) >= 11 is 0. The first-order valence-electron chi connectivity index (χ1n) is 15.1. The van der Waals surface area contributed by atoms with Crippen molar-refractivity contribution in [3.8, 4) is 0 Å². The number of hydrogen-bond acceptors (Lipinski definition) is 2. The fourth-order valence-electron chi connectivity index (χ4n) is 7.84. The van der Waals surface area contributed by atoms with Crippen molar-refractivity contribution >= 4 is 17.1 Å². The molecule has 0 radical (unpaired) electrons. The Morgan fingerprint density at radius 1 is 0.773 bits per heavy atom. The van der Waals surface area contributed by atoms with Gasteiger partial charge in [-0.3, -0.25) is 4.79 Å². The summed E-state index contributed by atoms with van der Waals surface area (Å²) in [6.45, 7) is 10.7. The lowest BCUT2D eigenvalue weighted by atomic mass is 9.66. The fourth-order valence-corrected chi connectivity index (χ4v) is 7.84. The first-order valence-corrected chi connectivity index (χ1v) is 15.1. The largest absolute Gasteiger partial charge is 0.466 e. The van der Waals surface area contributed by atoms with Crippen molar-refractivity contribution in [1.82, 2.24) is 0 Å². The second kappa shape index (κ2) is 11.2. The molecule has 0 amide bonds. The van der Waals surface area contributed by atoms with E-state index in [1.807, 2.05) is 61.5 Å². The second-order valence-electron chi connectivity index (χ2n) is 12.3. The fraction of sp³-hybridized carbons (Fsp3) is 0.225. The minimum Gasteiger partial charge on any atom is -0.466 e. The van der Waals surface area contributed by atoms with Crippen molar-refractivity contribution in [2.75, 3.05) is 6.61 Å². The van der Waals surface area contributed by atoms with Crippen LogP contribution in [0.2, 0.25) is 0 Å². The number of carbonyl (C=O) groups excluding carboxylic acids is 1. The molecule has 6 rings (SSSR count). The molecule has 0 aromatic heterocycles. The number of allylic oxidation sites excluding steroid dienone is 4. The minimum atomic E-state index is -0.930. The maximum absolute atomic E-state index is 14.9. The van der Waals surface area contributed by atoms with Crippen molar-refractivity contribution in [3.05, 3.63) is 165 Å². The van der Waals surface area contributed by atoms with E-state index < -0.39 is 22.5 Å². The summed E-state index contributed by atoms with van der Waals surface area (Å²) in [5, 5.41) is 0. The van der Waals surface area contributed by atoms with Gasteiger partial charge in [0.2, 0.25) is 0 Å². The van der Waals surface area contributed by atoms with Gasteiger partial charge in [-0.05, 0) is 88.6 Å². The van der Waals surface area contributed by atoms with E-state index in [4.69, 9.17) is 4.74 Å². The van der Waals surface area contributed by atoms with E-state index in [1.54, 1.807) is 6.07 Å². The van der Waals surface area contributed by atoms with Crippen LogP contribution in [0.3, 0.4) is 0 Å². The van der Waals surface area contributed by atoms with Crippen LogP contribution in [0.5, 0.6) is 0 Å². The lowest BCUT2D eigenvalue weighted by Crippen LogP contribution is -2.32. The summed E-state index contributed by atoms with van der Waals surface area (Å²) in [7, 11) is 0. The molecule has 4 aromatic rings. The first-order chi connectivity index (χ1) is 21.1. The Balaban J connectivity index is 1.88. The van der Waals surface area contributed by atoms with Crippen LogP contribution in [0.1, 0.15) is 68.9 Å². The molecule has 44 heavy (non-hydrogen) atoms. The predicted octanol–water partition coefficient (Wildman–Crippen LogP) is 9.85. The van der Waals surface area contributed by atoms with Gasteiger partial charge in [0.1, 0.15) is 0 Å². The number of halogens is 2. The molecule has 0 saturated heterocycles. The molecule has 0 N–H and O–H groups in total. The van der Waals surface area contributed by atoms with Crippen LogP contribution in [-0.4, -0.2) is 12.6 Å². The quantitative estimate of drug-likeness (QED) is 0.210. The summed E-state index contributed by atoms with van der Waals surface area (Å²) in [6.07, 6.45) is 0.0685. The van der Waals surface area contributed by atoms with Crippen molar-refractivity contribution in [2.24, 2.45) is 5.41 Å². The smallest absolute Gasteiger partial charge is 0.307 e. The lowest BCUT2D eigenvalue weighted by molar-refractivity contribution is -0.144. The van der Waals surface area contributed by atoms with Gasteiger partial charge in [-0.1, -0.05) is 110 Å². The van der Waals surface area contributed by atoms with E-state index in [-0.39, 0.29) is 19.0 Å². The van der Waals surface area contributed by atoms with E-state index in [9.17, 15) is 13.6 Å². The molecule has 0 bridgehead atoms. The molecule has 2 nitrogen and oxygen atoms in total. The molecule has 0 heterocycles. The summed E-state index contributed by atoms with van der Waals surface area (Å²) in [5.41, 5.74) is 9.16. The average Bonchev–Trinajstić information content (AvgIpc) is 3.38. The number of ether oxygens (including phenoxy) is 1. The average molecular weight is 587 g/mol. The highest BCUT2D eigenvalue weighted by Gasteiger charge is 2.62. The third-order valence-electron chi connectivity index (χ3n) is 9.06. The number of rotatable bonds is 6. The van der Waals surface area contributed by atoms with Gasteiger partial charge in [0.05, 0.1) is 18.4 Å². The van der Waals surface area contributed by atoms with Gasteiger partial charge in [0, 0.05) is 5.41 Å². The minimum absolute atomic E-state index is 0.0685. The van der Waals surface area contributed by atoms with E-state index in [0.717, 1.165) is 55.7 Å². The van der Waals surface area contributed by atoms with Crippen LogP contribution >= 0.6 is 0 Å². The second-order valence-corrected chi connectivity index (χ2v) is 12.3. The predicted molar refractivity (Wildman–Crippen MR) is 173 cm³/mol. The Morgan fingerprint density at radius 3 is 1.93 bits per heavy atom. The van der Waals surface area contributed by atoms with Crippen LogP contribution in [0.4, 0.5) is 8.78 Å². The Labute approximate surface area is 258 Å². The molecule has 2 aliphatic rings. The maximum Gasteiger partial charge on any atom is 0.307 e. The number of hydrogen-bond donors (Lipinski definition) is 0. The third kappa shape index (κ3) is 4.47. The van der Waals surface area contributed by atoms with Gasteiger partial charge in [0.25, 0.3) is 0 Å². The van der Waals surface area contributed by atoms with Gasteiger partial charge in [0.15, 0.2) is 11.6 Å². The lowest BCUT2D eigenvalue weighted by Gasteiger charge is -2.36. The molecular formula is C40H36F2O2. The molecule has 4 heteroatoms. The van der Waals surface area contributed by atoms with E-state index in [2.05, 4.69) is 58.0 Å². The molecule has 222 valence electrons. The number of fused-ring (bicyclic) bond motifs is 3. The van der Waals surface area contributed by atoms with Crippen LogP contribution in [-0.2, 0) is 14.9 Å². The Kier molecular flexibility index (Phi) is 7.49. The normalized spacial score (nSPS) is 18.2. The monoisotopic (exact) mass is 586 g/mol. The number of carbonyl (C=O) groups is 1. The van der Waals surface area contributed by atoms with Crippen molar-refractivity contribution in [2.45, 2.75) is 46.5 Å². The van der Waals surface area contributed by atoms with E-state index in [0.29, 0.717) is 5.56 Å². The van der Waals surface area contributed by atoms with E-state index >= 15 is 0 Å². The molecule has 0 aliphatic heterocycles. The molecule has 1 saturated carbocycles. The van der Waals surface area contributed by atoms with Gasteiger partial charge < -0.3 is 4.74 Å². The van der Waals surface area contributed by atoms with Crippen LogP contribution in [0, 0.1) is 17.0 Å². The first kappa shape index (κ1) is 29.5. The summed E-state index contributed by atoms with van der Waals surface area (Å²) in [4.78, 5) is 13.8. The molecular weight excluding hydrogens is 550 g/mol. The van der Waals surface area contributed by atoms with Crippen LogP contribution in [0.15, 0.2) is 125 Å². The highest BCUT2D eigenvalue weighted by molar-refractivity contribution is 6.01. The molecule has 2 aliphatic carbocycles. The summed E-state index contributed by atoms with van der Waals surface area (Å²) in [5.74, 6) is -2.11. The van der Waals surface area contributed by atoms with Gasteiger partial charge in [-0.15, -0.1) is 0 Å². The molecule has 1 atom stereocenters. The van der Waals surface area contributed by atoms with Crippen molar-refractivity contribution in [3.63, 3.8) is 0 Å². The highest BCUT2D eigenvalue weighted by Crippen LogP contribution is 2.71. The van der Waals surface area contributed by atoms with Crippen molar-refractivity contribution in [1.29, 1.82) is 0 Å². The highest BCUT2D eigenvalue weighted by atomic mass is 19.2. The number of esters is 1. The van der Waals surface area contributed by atoms with Gasteiger partial charge >= 0.3 is 5.97 Å². The van der Waals surface area contributed by atoms with Crippen LogP contribution in [0.25, 0.3) is 11.1 Å². The Bertz CT molecular complexity index is 1820. The topological polar surface area (TPSA) is 26.3 Å². The molecule has 4 aromatic carbocycles. The van der Waals surface area contributed by atoms with Crippen molar-refractivity contribution < 1.29 is 18.3 Å². The maximum atomic E-state index is 14.9. The summed E-state index contributed by atoms with van der Waals surface area (Å²) in [6, 6.07) is 32.8. The molecule has 0 spiro atoms. The standard InChI is InChI=1S/C40H36F2O2/c1-6-44-33(43)24-40-30-20-14-13-19-29(30)35(28-21-22-31(41)32(42)23-28)37(40)36(25(2)3)39(4,5)38(40)34(26-15-9-7-10-16-26)27-17-11-8-12-18-27/h7-23H,6,24H2,1-5H3. The van der Waals surface area contributed by atoms with Crippen LogP contribution < -0.4 is 0 Å².